The van der Waals surface area contributed by atoms with E-state index in [0.29, 0.717) is 21.3 Å². The number of hydrogen-bond donors (Lipinski definition) is 2. The van der Waals surface area contributed by atoms with Gasteiger partial charge in [-0.2, -0.15) is 0 Å². The molecule has 154 valence electrons. The van der Waals surface area contributed by atoms with Gasteiger partial charge in [-0.15, -0.1) is 11.3 Å². The first-order chi connectivity index (χ1) is 13.8. The Morgan fingerprint density at radius 2 is 1.97 bits per heavy atom. The third-order valence-electron chi connectivity index (χ3n) is 4.50. The van der Waals surface area contributed by atoms with Crippen LogP contribution in [0.15, 0.2) is 39.6 Å². The van der Waals surface area contributed by atoms with Crippen LogP contribution < -0.4 is 10.9 Å². The summed E-state index contributed by atoms with van der Waals surface area (Å²) in [7, 11) is 0. The van der Waals surface area contributed by atoms with E-state index in [4.69, 9.17) is 0 Å². The molecule has 1 aromatic carbocycles. The second-order valence-electron chi connectivity index (χ2n) is 7.44. The maximum Gasteiger partial charge on any atom is 0.260 e. The van der Waals surface area contributed by atoms with Crippen molar-refractivity contribution in [1.29, 1.82) is 0 Å². The van der Waals surface area contributed by atoms with Crippen LogP contribution in [0.3, 0.4) is 0 Å². The molecule has 0 spiro atoms. The molecule has 1 amide bonds. The number of hydrogen-bond acceptors (Lipinski definition) is 5. The Kier molecular flexibility index (Phi) is 7.08. The highest BCUT2D eigenvalue weighted by Crippen LogP contribution is 2.31. The summed E-state index contributed by atoms with van der Waals surface area (Å²) in [5.74, 6) is 0.398. The van der Waals surface area contributed by atoms with Gasteiger partial charge in [-0.3, -0.25) is 9.59 Å². The zero-order chi connectivity index (χ0) is 21.0. The van der Waals surface area contributed by atoms with Gasteiger partial charge >= 0.3 is 0 Å². The van der Waals surface area contributed by atoms with Crippen molar-refractivity contribution >= 4 is 39.2 Å². The number of aromatic amines is 1. The molecule has 0 radical (unpaired) electrons. The Labute approximate surface area is 177 Å². The quantitative estimate of drug-likeness (QED) is 0.394. The average Bonchev–Trinajstić information content (AvgIpc) is 3.10. The number of amides is 1. The van der Waals surface area contributed by atoms with Crippen molar-refractivity contribution in [2.24, 2.45) is 5.92 Å². The lowest BCUT2D eigenvalue weighted by Gasteiger charge is -2.14. The van der Waals surface area contributed by atoms with Crippen LogP contribution in [0, 0.1) is 11.7 Å². The van der Waals surface area contributed by atoms with E-state index in [1.807, 2.05) is 12.3 Å². The van der Waals surface area contributed by atoms with Gasteiger partial charge in [0.15, 0.2) is 5.16 Å². The van der Waals surface area contributed by atoms with Crippen molar-refractivity contribution in [2.75, 3.05) is 5.75 Å². The van der Waals surface area contributed by atoms with Gasteiger partial charge in [0.05, 0.1) is 11.1 Å². The molecule has 3 aromatic rings. The normalized spacial score (nSPS) is 12.4. The molecule has 0 fully saturated rings. The first kappa shape index (κ1) is 21.5. The predicted octanol–water partition coefficient (Wildman–Crippen LogP) is 4.82. The monoisotopic (exact) mass is 433 g/mol. The summed E-state index contributed by atoms with van der Waals surface area (Å²) in [6.45, 7) is 6.32. The van der Waals surface area contributed by atoms with Gasteiger partial charge in [-0.25, -0.2) is 9.37 Å². The van der Waals surface area contributed by atoms with Crippen LogP contribution in [0.1, 0.15) is 33.6 Å². The zero-order valence-corrected chi connectivity index (χ0v) is 18.3. The first-order valence-electron chi connectivity index (χ1n) is 9.53. The highest BCUT2D eigenvalue weighted by atomic mass is 32.2. The number of nitrogens with one attached hydrogen (secondary N) is 2. The molecule has 0 saturated heterocycles. The van der Waals surface area contributed by atoms with E-state index in [2.05, 4.69) is 29.1 Å². The summed E-state index contributed by atoms with van der Waals surface area (Å²) in [5.41, 5.74) is 1.23. The van der Waals surface area contributed by atoms with Crippen LogP contribution in [-0.2, 0) is 4.79 Å². The lowest BCUT2D eigenvalue weighted by Crippen LogP contribution is -2.34. The van der Waals surface area contributed by atoms with E-state index in [-0.39, 0.29) is 29.1 Å². The number of halogens is 1. The van der Waals surface area contributed by atoms with Crippen LogP contribution in [0.25, 0.3) is 21.3 Å². The summed E-state index contributed by atoms with van der Waals surface area (Å²) in [5, 5.41) is 5.73. The van der Waals surface area contributed by atoms with Gasteiger partial charge in [0.25, 0.3) is 5.56 Å². The number of carbonyl (C=O) groups excluding carboxylic acids is 1. The number of aromatic nitrogens is 2. The molecule has 1 atom stereocenters. The lowest BCUT2D eigenvalue weighted by molar-refractivity contribution is -0.119. The summed E-state index contributed by atoms with van der Waals surface area (Å²) in [4.78, 5) is 32.6. The van der Waals surface area contributed by atoms with Crippen LogP contribution in [0.2, 0.25) is 0 Å². The number of thiophene rings is 1. The molecule has 2 N–H and O–H groups in total. The Morgan fingerprint density at radius 3 is 2.66 bits per heavy atom. The largest absolute Gasteiger partial charge is 0.353 e. The Hall–Kier alpha value is -2.19. The van der Waals surface area contributed by atoms with Crippen molar-refractivity contribution in [1.82, 2.24) is 15.3 Å². The third-order valence-corrected chi connectivity index (χ3v) is 6.25. The molecule has 0 bridgehead atoms. The minimum atomic E-state index is -0.323. The Morgan fingerprint density at radius 1 is 1.24 bits per heavy atom. The molecule has 3 rings (SSSR count). The second-order valence-corrected chi connectivity index (χ2v) is 9.26. The molecular weight excluding hydrogens is 409 g/mol. The van der Waals surface area contributed by atoms with E-state index in [1.54, 1.807) is 12.1 Å². The topological polar surface area (TPSA) is 74.8 Å². The number of carbonyl (C=O) groups is 1. The minimum absolute atomic E-state index is 0.0767. The molecule has 1 unspecified atom stereocenters. The first-order valence-corrected chi connectivity index (χ1v) is 11.4. The zero-order valence-electron chi connectivity index (χ0n) is 16.6. The number of fused-ring (bicyclic) bond motifs is 1. The van der Waals surface area contributed by atoms with Crippen LogP contribution >= 0.6 is 23.1 Å². The highest BCUT2D eigenvalue weighted by Gasteiger charge is 2.15. The summed E-state index contributed by atoms with van der Waals surface area (Å²) in [6.07, 6.45) is 2.01. The maximum absolute atomic E-state index is 13.2. The average molecular weight is 434 g/mol. The fourth-order valence-electron chi connectivity index (χ4n) is 2.95. The number of benzene rings is 1. The number of H-pyrrole nitrogens is 1. The molecular formula is C21H24FN3O2S2. The van der Waals surface area contributed by atoms with E-state index >= 15 is 0 Å². The summed E-state index contributed by atoms with van der Waals surface area (Å²) < 4.78 is 13.2. The van der Waals surface area contributed by atoms with Gasteiger partial charge in [-0.1, -0.05) is 37.7 Å². The Bertz CT molecular complexity index is 1040. The smallest absolute Gasteiger partial charge is 0.260 e. The van der Waals surface area contributed by atoms with Gasteiger partial charge in [0, 0.05) is 17.0 Å². The molecule has 8 heteroatoms. The van der Waals surface area contributed by atoms with Crippen molar-refractivity contribution in [3.63, 3.8) is 0 Å². The van der Waals surface area contributed by atoms with Gasteiger partial charge < -0.3 is 10.3 Å². The van der Waals surface area contributed by atoms with E-state index in [1.165, 1.54) is 35.2 Å². The maximum atomic E-state index is 13.2. The van der Waals surface area contributed by atoms with E-state index in [0.717, 1.165) is 24.0 Å². The van der Waals surface area contributed by atoms with E-state index < -0.39 is 0 Å². The Balaban J connectivity index is 1.68. The molecule has 5 nitrogen and oxygen atoms in total. The number of thioether (sulfide) groups is 1. The van der Waals surface area contributed by atoms with Crippen molar-refractivity contribution in [2.45, 2.75) is 44.8 Å². The van der Waals surface area contributed by atoms with Crippen molar-refractivity contribution in [3.8, 4) is 11.1 Å². The molecule has 0 aliphatic heterocycles. The van der Waals surface area contributed by atoms with E-state index in [9.17, 15) is 14.0 Å². The second kappa shape index (κ2) is 9.54. The third kappa shape index (κ3) is 5.67. The van der Waals surface area contributed by atoms with Gasteiger partial charge in [0.2, 0.25) is 5.91 Å². The highest BCUT2D eigenvalue weighted by molar-refractivity contribution is 7.99. The molecule has 0 aliphatic rings. The number of rotatable bonds is 8. The fourth-order valence-corrected chi connectivity index (χ4v) is 4.62. The fraction of sp³-hybridized carbons (Fsp3) is 0.381. The molecule has 2 heterocycles. The standard InChI is InChI=1S/C21H24FN3O2S2/c1-12(2)4-5-13(3)23-17(26)11-29-21-24-19(27)18-16(10-28-20(18)25-21)14-6-8-15(22)9-7-14/h6-10,12-13H,4-5,11H2,1-3H3,(H,23,26)(H,24,25,27). The van der Waals surface area contributed by atoms with Crippen LogP contribution in [0.4, 0.5) is 4.39 Å². The molecule has 0 saturated carbocycles. The van der Waals surface area contributed by atoms with Crippen LogP contribution in [-0.4, -0.2) is 27.7 Å². The summed E-state index contributed by atoms with van der Waals surface area (Å²) in [6, 6.07) is 6.14. The van der Waals surface area contributed by atoms with Crippen molar-refractivity contribution in [3.05, 3.63) is 45.8 Å². The minimum Gasteiger partial charge on any atom is -0.353 e. The molecule has 0 aliphatic carbocycles. The van der Waals surface area contributed by atoms with Crippen LogP contribution in [0.5, 0.6) is 0 Å². The van der Waals surface area contributed by atoms with Gasteiger partial charge in [-0.05, 0) is 43.4 Å². The van der Waals surface area contributed by atoms with Gasteiger partial charge in [0.1, 0.15) is 10.6 Å². The number of nitrogens with zero attached hydrogens (tertiary/aromatic N) is 1. The lowest BCUT2D eigenvalue weighted by atomic mass is 10.0. The van der Waals surface area contributed by atoms with Crippen molar-refractivity contribution < 1.29 is 9.18 Å². The summed E-state index contributed by atoms with van der Waals surface area (Å²) >= 11 is 2.57. The SMILES string of the molecule is CC(C)CCC(C)NC(=O)CSc1nc2scc(-c3ccc(F)cc3)c2c(=O)[nH]1. The molecule has 29 heavy (non-hydrogen) atoms. The predicted molar refractivity (Wildman–Crippen MR) is 118 cm³/mol. The molecule has 2 aromatic heterocycles.